The molecule has 0 radical (unpaired) electrons. The number of ether oxygens (including phenoxy) is 1. The fourth-order valence-electron chi connectivity index (χ4n) is 2.76. The van der Waals surface area contributed by atoms with Gasteiger partial charge in [0, 0.05) is 6.42 Å². The first kappa shape index (κ1) is 15.1. The van der Waals surface area contributed by atoms with Gasteiger partial charge in [0.25, 0.3) is 0 Å². The van der Waals surface area contributed by atoms with E-state index in [-0.39, 0.29) is 0 Å². The van der Waals surface area contributed by atoms with Gasteiger partial charge in [0.1, 0.15) is 5.76 Å². The van der Waals surface area contributed by atoms with Crippen LogP contribution < -0.4 is 0 Å². The van der Waals surface area contributed by atoms with E-state index >= 15 is 0 Å². The molecule has 1 atom stereocenters. The molecule has 0 aromatic heterocycles. The molecule has 1 nitrogen and oxygen atoms in total. The first-order chi connectivity index (χ1) is 8.84. The molecule has 1 unspecified atom stereocenters. The van der Waals surface area contributed by atoms with Crippen molar-refractivity contribution in [2.24, 2.45) is 5.92 Å². The Morgan fingerprint density at radius 2 is 1.78 bits per heavy atom. The van der Waals surface area contributed by atoms with E-state index in [1.54, 1.807) is 11.1 Å². The zero-order valence-corrected chi connectivity index (χ0v) is 12.7. The van der Waals surface area contributed by atoms with Crippen LogP contribution in [0.1, 0.15) is 60.3 Å². The van der Waals surface area contributed by atoms with E-state index in [0.717, 1.165) is 24.7 Å². The highest BCUT2D eigenvalue weighted by Crippen LogP contribution is 2.41. The zero-order valence-electron chi connectivity index (χ0n) is 12.7. The lowest BCUT2D eigenvalue weighted by molar-refractivity contribution is 0.265. The molecule has 1 heterocycles. The zero-order chi connectivity index (χ0) is 13.5. The Bertz CT molecular complexity index is 358. The normalized spacial score (nSPS) is 24.2. The highest BCUT2D eigenvalue weighted by atomic mass is 16.5. The smallest absolute Gasteiger partial charge is 0.122 e. The summed E-state index contributed by atoms with van der Waals surface area (Å²) in [4.78, 5) is 0. The summed E-state index contributed by atoms with van der Waals surface area (Å²) < 4.78 is 5.65. The predicted molar refractivity (Wildman–Crippen MR) is 79.5 cm³/mol. The summed E-state index contributed by atoms with van der Waals surface area (Å²) in [6, 6.07) is 0. The molecule has 0 N–H and O–H groups in total. The lowest BCUT2D eigenvalue weighted by atomic mass is 9.80. The molecule has 0 aromatic rings. The predicted octanol–water partition coefficient (Wildman–Crippen LogP) is 5.40. The maximum absolute atomic E-state index is 5.65. The summed E-state index contributed by atoms with van der Waals surface area (Å²) in [6.45, 7) is 11.3. The molecule has 0 spiro atoms. The minimum atomic E-state index is 0.769. The Morgan fingerprint density at radius 1 is 1.06 bits per heavy atom. The lowest BCUT2D eigenvalue weighted by Crippen LogP contribution is -2.09. The van der Waals surface area contributed by atoms with Crippen molar-refractivity contribution >= 4 is 0 Å². The molecular weight excluding hydrogens is 220 g/mol. The quantitative estimate of drug-likeness (QED) is 0.557. The summed E-state index contributed by atoms with van der Waals surface area (Å²) in [6.07, 6.45) is 9.40. The van der Waals surface area contributed by atoms with Crippen LogP contribution in [0, 0.1) is 5.92 Å². The van der Waals surface area contributed by atoms with Crippen LogP contribution in [0.4, 0.5) is 0 Å². The minimum Gasteiger partial charge on any atom is -0.493 e. The average Bonchev–Trinajstić information content (AvgIpc) is 2.85. The van der Waals surface area contributed by atoms with Gasteiger partial charge in [-0.3, -0.25) is 0 Å². The molecule has 0 aromatic carbocycles. The molecule has 1 aliphatic heterocycles. The van der Waals surface area contributed by atoms with Gasteiger partial charge in [0.2, 0.25) is 0 Å². The van der Waals surface area contributed by atoms with Gasteiger partial charge in [0.15, 0.2) is 0 Å². The van der Waals surface area contributed by atoms with Crippen LogP contribution in [0.2, 0.25) is 0 Å². The monoisotopic (exact) mass is 248 g/mol. The van der Waals surface area contributed by atoms with Crippen molar-refractivity contribution in [3.8, 4) is 0 Å². The standard InChI is InChI=1S/C13H16O.2C2H6/c1-9-2-3-10-4-5-13-11(6-7-14-13)12(9)8-10;2*1-2/h4-5,9H,2-3,6-8H2,1H3;2*1-2H3. The number of hydrogen-bond donors (Lipinski definition) is 0. The summed E-state index contributed by atoms with van der Waals surface area (Å²) in [5, 5.41) is 0. The van der Waals surface area contributed by atoms with Gasteiger partial charge in [-0.15, -0.1) is 0 Å². The van der Waals surface area contributed by atoms with Crippen molar-refractivity contribution in [3.63, 3.8) is 0 Å². The van der Waals surface area contributed by atoms with Crippen molar-refractivity contribution in [1.82, 2.24) is 0 Å². The van der Waals surface area contributed by atoms with Crippen LogP contribution in [0.5, 0.6) is 0 Å². The van der Waals surface area contributed by atoms with Gasteiger partial charge in [-0.25, -0.2) is 0 Å². The number of hydrogen-bond acceptors (Lipinski definition) is 1. The van der Waals surface area contributed by atoms with Crippen LogP contribution in [0.25, 0.3) is 0 Å². The SMILES string of the molecule is CC.CC.CC1CCC2=CC=C3OCCC3=C1C2. The summed E-state index contributed by atoms with van der Waals surface area (Å²) in [5.74, 6) is 1.93. The highest BCUT2D eigenvalue weighted by molar-refractivity contribution is 5.44. The molecule has 2 aliphatic carbocycles. The van der Waals surface area contributed by atoms with Gasteiger partial charge in [-0.1, -0.05) is 51.8 Å². The fraction of sp³-hybridized carbons (Fsp3) is 0.647. The molecule has 1 saturated heterocycles. The molecule has 0 amide bonds. The van der Waals surface area contributed by atoms with Gasteiger partial charge in [0.05, 0.1) is 6.61 Å². The van der Waals surface area contributed by atoms with E-state index in [1.165, 1.54) is 24.8 Å². The first-order valence-corrected chi connectivity index (χ1v) is 7.59. The molecule has 2 fully saturated rings. The number of fused-ring (bicyclic) bond motifs is 3. The van der Waals surface area contributed by atoms with Crippen molar-refractivity contribution < 1.29 is 4.74 Å². The van der Waals surface area contributed by atoms with Gasteiger partial charge < -0.3 is 4.74 Å². The largest absolute Gasteiger partial charge is 0.493 e. The summed E-state index contributed by atoms with van der Waals surface area (Å²) >= 11 is 0. The van der Waals surface area contributed by atoms with E-state index in [9.17, 15) is 0 Å². The Morgan fingerprint density at radius 3 is 2.50 bits per heavy atom. The van der Waals surface area contributed by atoms with Crippen molar-refractivity contribution in [2.75, 3.05) is 6.61 Å². The molecule has 2 bridgehead atoms. The Kier molecular flexibility index (Phi) is 6.24. The maximum Gasteiger partial charge on any atom is 0.122 e. The van der Waals surface area contributed by atoms with E-state index in [1.807, 2.05) is 27.7 Å². The van der Waals surface area contributed by atoms with E-state index in [4.69, 9.17) is 4.74 Å². The third kappa shape index (κ3) is 3.07. The first-order valence-electron chi connectivity index (χ1n) is 7.59. The van der Waals surface area contributed by atoms with Gasteiger partial charge >= 0.3 is 0 Å². The molecule has 3 rings (SSSR count). The van der Waals surface area contributed by atoms with Gasteiger partial charge in [-0.05, 0) is 36.8 Å². The highest BCUT2D eigenvalue weighted by Gasteiger charge is 2.27. The maximum atomic E-state index is 5.65. The molecular formula is C17H28O. The minimum absolute atomic E-state index is 0.769. The van der Waals surface area contributed by atoms with Crippen molar-refractivity contribution in [1.29, 1.82) is 0 Å². The summed E-state index contributed by atoms with van der Waals surface area (Å²) in [5.41, 5.74) is 4.77. The van der Waals surface area contributed by atoms with Crippen LogP contribution in [0.15, 0.2) is 34.6 Å². The second-order valence-corrected chi connectivity index (χ2v) is 4.57. The topological polar surface area (TPSA) is 9.23 Å². The van der Waals surface area contributed by atoms with Gasteiger partial charge in [-0.2, -0.15) is 0 Å². The molecule has 3 aliphatic rings. The third-order valence-electron chi connectivity index (χ3n) is 3.68. The second kappa shape index (κ2) is 7.45. The van der Waals surface area contributed by atoms with Crippen LogP contribution in [-0.4, -0.2) is 6.61 Å². The average molecular weight is 248 g/mol. The fourth-order valence-corrected chi connectivity index (χ4v) is 2.76. The Labute approximate surface area is 113 Å². The van der Waals surface area contributed by atoms with Crippen LogP contribution >= 0.6 is 0 Å². The van der Waals surface area contributed by atoms with E-state index < -0.39 is 0 Å². The van der Waals surface area contributed by atoms with E-state index in [0.29, 0.717) is 0 Å². The number of allylic oxidation sites excluding steroid dienone is 5. The Hall–Kier alpha value is -0.980. The molecule has 1 heteroatoms. The van der Waals surface area contributed by atoms with Crippen molar-refractivity contribution in [2.45, 2.75) is 60.3 Å². The molecule has 1 saturated carbocycles. The third-order valence-corrected chi connectivity index (χ3v) is 3.68. The Balaban J connectivity index is 0.000000371. The van der Waals surface area contributed by atoms with Crippen molar-refractivity contribution in [3.05, 3.63) is 34.6 Å². The number of rotatable bonds is 0. The summed E-state index contributed by atoms with van der Waals surface area (Å²) in [7, 11) is 0. The lowest BCUT2D eigenvalue weighted by Gasteiger charge is -2.24. The molecule has 102 valence electrons. The van der Waals surface area contributed by atoms with Crippen LogP contribution in [-0.2, 0) is 4.74 Å². The van der Waals surface area contributed by atoms with E-state index in [2.05, 4.69) is 19.1 Å². The van der Waals surface area contributed by atoms with Crippen LogP contribution in [0.3, 0.4) is 0 Å². The second-order valence-electron chi connectivity index (χ2n) is 4.57. The molecule has 18 heavy (non-hydrogen) atoms.